The second kappa shape index (κ2) is 5.65. The van der Waals surface area contributed by atoms with E-state index in [0.717, 1.165) is 30.2 Å². The van der Waals surface area contributed by atoms with Gasteiger partial charge in [-0.1, -0.05) is 23.7 Å². The van der Waals surface area contributed by atoms with E-state index in [1.165, 1.54) is 5.56 Å². The molecule has 1 N–H and O–H groups in total. The summed E-state index contributed by atoms with van der Waals surface area (Å²) < 4.78 is 5.52. The quantitative estimate of drug-likeness (QED) is 0.781. The van der Waals surface area contributed by atoms with Crippen molar-refractivity contribution in [1.29, 1.82) is 0 Å². The van der Waals surface area contributed by atoms with Crippen LogP contribution in [0.15, 0.2) is 18.2 Å². The highest BCUT2D eigenvalue weighted by atomic mass is 35.5. The van der Waals surface area contributed by atoms with Crippen LogP contribution in [0.3, 0.4) is 0 Å². The zero-order valence-corrected chi connectivity index (χ0v) is 14.1. The van der Waals surface area contributed by atoms with Crippen molar-refractivity contribution < 1.29 is 9.53 Å². The molecule has 1 aromatic carbocycles. The minimum atomic E-state index is -0.454. The van der Waals surface area contributed by atoms with Crippen molar-refractivity contribution in [3.05, 3.63) is 28.8 Å². The van der Waals surface area contributed by atoms with Gasteiger partial charge in [0.05, 0.1) is 10.7 Å². The number of amides is 1. The van der Waals surface area contributed by atoms with Crippen LogP contribution >= 0.6 is 11.6 Å². The number of para-hydroxylation sites is 1. The van der Waals surface area contributed by atoms with Gasteiger partial charge in [-0.15, -0.1) is 0 Å². The molecule has 5 heteroatoms. The minimum Gasteiger partial charge on any atom is -0.444 e. The number of benzene rings is 1. The monoisotopic (exact) mass is 322 g/mol. The number of rotatable bonds is 0. The van der Waals surface area contributed by atoms with Gasteiger partial charge in [0, 0.05) is 25.6 Å². The topological polar surface area (TPSA) is 41.6 Å². The first-order chi connectivity index (χ1) is 10.3. The summed E-state index contributed by atoms with van der Waals surface area (Å²) in [7, 11) is 0. The van der Waals surface area contributed by atoms with Crippen molar-refractivity contribution in [3.8, 4) is 0 Å². The van der Waals surface area contributed by atoms with E-state index in [9.17, 15) is 4.79 Å². The molecule has 0 bridgehead atoms. The Morgan fingerprint density at radius 1 is 1.36 bits per heavy atom. The number of carbonyl (C=O) groups excluding carboxylic acids is 1. The number of hydrogen-bond donors (Lipinski definition) is 1. The largest absolute Gasteiger partial charge is 0.444 e. The van der Waals surface area contributed by atoms with Crippen molar-refractivity contribution in [1.82, 2.24) is 4.90 Å². The van der Waals surface area contributed by atoms with Crippen LogP contribution in [0.1, 0.15) is 38.7 Å². The summed E-state index contributed by atoms with van der Waals surface area (Å²) in [5.41, 5.74) is 1.80. The molecule has 0 spiro atoms. The third-order valence-corrected chi connectivity index (χ3v) is 4.67. The highest BCUT2D eigenvalue weighted by molar-refractivity contribution is 6.33. The molecule has 2 atom stereocenters. The van der Waals surface area contributed by atoms with Gasteiger partial charge in [-0.2, -0.15) is 0 Å². The Labute approximate surface area is 136 Å². The smallest absolute Gasteiger partial charge is 0.410 e. The number of anilines is 1. The van der Waals surface area contributed by atoms with Crippen molar-refractivity contribution in [2.75, 3.05) is 25.0 Å². The number of nitrogens with zero attached hydrogens (tertiary/aromatic N) is 1. The number of nitrogens with one attached hydrogen (secondary N) is 1. The van der Waals surface area contributed by atoms with E-state index in [0.29, 0.717) is 18.4 Å². The van der Waals surface area contributed by atoms with Crippen LogP contribution in [0.25, 0.3) is 0 Å². The summed E-state index contributed by atoms with van der Waals surface area (Å²) >= 11 is 6.32. The van der Waals surface area contributed by atoms with Crippen molar-refractivity contribution in [3.63, 3.8) is 0 Å². The van der Waals surface area contributed by atoms with E-state index in [4.69, 9.17) is 16.3 Å². The first kappa shape index (κ1) is 15.5. The molecular formula is C17H23ClN2O2. The predicted octanol–water partition coefficient (Wildman–Crippen LogP) is 4.11. The number of halogens is 1. The lowest BCUT2D eigenvalue weighted by atomic mass is 9.87. The van der Waals surface area contributed by atoms with Crippen LogP contribution in [-0.2, 0) is 4.74 Å². The molecule has 2 heterocycles. The Morgan fingerprint density at radius 2 is 2.14 bits per heavy atom. The Kier molecular flexibility index (Phi) is 3.98. The van der Waals surface area contributed by atoms with E-state index < -0.39 is 5.60 Å². The summed E-state index contributed by atoms with van der Waals surface area (Å²) in [5.74, 6) is 0.788. The Bertz CT molecular complexity index is 583. The maximum absolute atomic E-state index is 12.3. The molecule has 1 amide bonds. The van der Waals surface area contributed by atoms with Gasteiger partial charge in [0.2, 0.25) is 0 Å². The Morgan fingerprint density at radius 3 is 2.86 bits per heavy atom. The number of hydrogen-bond acceptors (Lipinski definition) is 3. The molecular weight excluding hydrogens is 300 g/mol. The lowest BCUT2D eigenvalue weighted by Gasteiger charge is -2.25. The fourth-order valence-corrected chi connectivity index (χ4v) is 3.66. The maximum Gasteiger partial charge on any atom is 0.410 e. The third-order valence-electron chi connectivity index (χ3n) is 4.35. The van der Waals surface area contributed by atoms with Gasteiger partial charge in [0.1, 0.15) is 5.60 Å². The van der Waals surface area contributed by atoms with E-state index >= 15 is 0 Å². The standard InChI is InChI=1S/C17H23ClN2O2/c1-17(2,3)22-16(21)20-9-11-7-8-19-15-12(13(11)10-20)5-4-6-14(15)18/h4-6,11,13,19H,7-10H2,1-3H3/t11-,13-/m1/s1. The van der Waals surface area contributed by atoms with Crippen LogP contribution in [0, 0.1) is 5.92 Å². The zero-order chi connectivity index (χ0) is 15.9. The second-order valence-corrected chi connectivity index (χ2v) is 7.58. The molecule has 0 radical (unpaired) electrons. The summed E-state index contributed by atoms with van der Waals surface area (Å²) in [4.78, 5) is 14.2. The molecule has 1 aromatic rings. The molecule has 22 heavy (non-hydrogen) atoms. The van der Waals surface area contributed by atoms with Crippen LogP contribution in [0.2, 0.25) is 5.02 Å². The summed E-state index contributed by atoms with van der Waals surface area (Å²) in [5, 5.41) is 4.20. The van der Waals surface area contributed by atoms with E-state index in [1.807, 2.05) is 37.8 Å². The maximum atomic E-state index is 12.3. The predicted molar refractivity (Wildman–Crippen MR) is 88.6 cm³/mol. The second-order valence-electron chi connectivity index (χ2n) is 7.17. The van der Waals surface area contributed by atoms with Crippen LogP contribution < -0.4 is 5.32 Å². The van der Waals surface area contributed by atoms with Gasteiger partial charge in [-0.3, -0.25) is 0 Å². The Hall–Kier alpha value is -1.42. The highest BCUT2D eigenvalue weighted by Crippen LogP contribution is 2.42. The van der Waals surface area contributed by atoms with E-state index in [1.54, 1.807) is 0 Å². The average molecular weight is 323 g/mol. The molecule has 0 unspecified atom stereocenters. The summed E-state index contributed by atoms with van der Waals surface area (Å²) in [6.45, 7) is 8.05. The first-order valence-electron chi connectivity index (χ1n) is 7.85. The molecule has 4 nitrogen and oxygen atoms in total. The highest BCUT2D eigenvalue weighted by Gasteiger charge is 2.39. The average Bonchev–Trinajstić information content (AvgIpc) is 2.75. The van der Waals surface area contributed by atoms with E-state index in [2.05, 4.69) is 11.4 Å². The van der Waals surface area contributed by atoms with Crippen molar-refractivity contribution in [2.45, 2.75) is 38.7 Å². The van der Waals surface area contributed by atoms with Gasteiger partial charge >= 0.3 is 6.09 Å². The molecule has 120 valence electrons. The molecule has 1 saturated heterocycles. The number of carbonyl (C=O) groups is 1. The number of ether oxygens (including phenoxy) is 1. The number of likely N-dealkylation sites (tertiary alicyclic amines) is 1. The molecule has 3 rings (SSSR count). The van der Waals surface area contributed by atoms with Gasteiger partial charge in [-0.25, -0.2) is 4.79 Å². The van der Waals surface area contributed by atoms with Crippen LogP contribution in [-0.4, -0.2) is 36.2 Å². The lowest BCUT2D eigenvalue weighted by molar-refractivity contribution is 0.0286. The van der Waals surface area contributed by atoms with E-state index in [-0.39, 0.29) is 6.09 Å². The molecule has 2 aliphatic rings. The lowest BCUT2D eigenvalue weighted by Crippen LogP contribution is -2.35. The molecule has 1 fully saturated rings. The molecule has 0 saturated carbocycles. The van der Waals surface area contributed by atoms with Crippen molar-refractivity contribution in [2.24, 2.45) is 5.92 Å². The third kappa shape index (κ3) is 3.02. The van der Waals surface area contributed by atoms with Gasteiger partial charge in [-0.05, 0) is 44.7 Å². The van der Waals surface area contributed by atoms with Gasteiger partial charge in [0.25, 0.3) is 0 Å². The molecule has 0 aliphatic carbocycles. The fraction of sp³-hybridized carbons (Fsp3) is 0.588. The van der Waals surface area contributed by atoms with Crippen molar-refractivity contribution >= 4 is 23.4 Å². The zero-order valence-electron chi connectivity index (χ0n) is 13.4. The fourth-order valence-electron chi connectivity index (χ4n) is 3.41. The normalized spacial score (nSPS) is 24.1. The van der Waals surface area contributed by atoms with Crippen LogP contribution in [0.4, 0.5) is 10.5 Å². The summed E-state index contributed by atoms with van der Waals surface area (Å²) in [6.07, 6.45) is 0.826. The van der Waals surface area contributed by atoms with Gasteiger partial charge < -0.3 is 15.0 Å². The first-order valence-corrected chi connectivity index (χ1v) is 8.23. The SMILES string of the molecule is CC(C)(C)OC(=O)N1C[C@H]2CCNc3c(Cl)cccc3[C@@H]2C1. The minimum absolute atomic E-state index is 0.211. The van der Waals surface area contributed by atoms with Gasteiger partial charge in [0.15, 0.2) is 0 Å². The van der Waals surface area contributed by atoms with Crippen LogP contribution in [0.5, 0.6) is 0 Å². The summed E-state index contributed by atoms with van der Waals surface area (Å²) in [6, 6.07) is 6.02. The molecule has 0 aromatic heterocycles. The molecule has 2 aliphatic heterocycles. The number of fused-ring (bicyclic) bond motifs is 3. The Balaban J connectivity index is 1.82.